The monoisotopic (exact) mass is 427 g/mol. The molecule has 2 aromatic carbocycles. The second-order valence-corrected chi connectivity index (χ2v) is 11.4. The third kappa shape index (κ3) is 3.49. The Morgan fingerprint density at radius 2 is 1.41 bits per heavy atom. The van der Waals surface area contributed by atoms with Crippen LogP contribution in [-0.2, 0) is 19.7 Å². The number of sulfone groups is 2. The molecular formula is C22H21NO4S2. The van der Waals surface area contributed by atoms with E-state index in [4.69, 9.17) is 0 Å². The Bertz CT molecular complexity index is 1220. The Kier molecular flexibility index (Phi) is 5.04. The van der Waals surface area contributed by atoms with Crippen molar-refractivity contribution in [2.45, 2.75) is 33.9 Å². The molecule has 5 nitrogen and oxygen atoms in total. The van der Waals surface area contributed by atoms with E-state index in [1.165, 1.54) is 12.3 Å². The number of pyridine rings is 1. The van der Waals surface area contributed by atoms with Crippen LogP contribution in [0.4, 0.5) is 0 Å². The van der Waals surface area contributed by atoms with Crippen molar-refractivity contribution < 1.29 is 16.8 Å². The standard InChI is InChI=1S/C22H21NO4S2/c1-16-18-11-5-6-12-19(18)20(15-28(24,25)17-9-3-2-4-10-17)22(16)29(26,27)21-13-7-8-14-23-21/h2-14,16,20,22H,15H2,1H3/t16-,20+,22+/m0/s1. The molecule has 0 aliphatic heterocycles. The smallest absolute Gasteiger partial charge is 0.199 e. The summed E-state index contributed by atoms with van der Waals surface area (Å²) >= 11 is 0. The lowest BCUT2D eigenvalue weighted by Gasteiger charge is -2.23. The summed E-state index contributed by atoms with van der Waals surface area (Å²) in [6, 6.07) is 20.3. The van der Waals surface area contributed by atoms with Crippen LogP contribution in [0.3, 0.4) is 0 Å². The van der Waals surface area contributed by atoms with Crippen LogP contribution >= 0.6 is 0 Å². The Labute approximate surface area is 171 Å². The van der Waals surface area contributed by atoms with Gasteiger partial charge >= 0.3 is 0 Å². The number of nitrogens with zero attached hydrogens (tertiary/aromatic N) is 1. The second-order valence-electron chi connectivity index (χ2n) is 7.30. The fourth-order valence-corrected chi connectivity index (χ4v) is 8.11. The maximum atomic E-state index is 13.5. The largest absolute Gasteiger partial charge is 0.245 e. The van der Waals surface area contributed by atoms with Crippen LogP contribution in [0, 0.1) is 0 Å². The molecule has 1 aromatic heterocycles. The van der Waals surface area contributed by atoms with Gasteiger partial charge in [0, 0.05) is 12.1 Å². The normalized spacial score (nSPS) is 21.6. The van der Waals surface area contributed by atoms with E-state index in [0.29, 0.717) is 0 Å². The molecule has 0 spiro atoms. The van der Waals surface area contributed by atoms with Crippen molar-refractivity contribution in [3.8, 4) is 0 Å². The molecule has 150 valence electrons. The first-order chi connectivity index (χ1) is 13.8. The van der Waals surface area contributed by atoms with Gasteiger partial charge in [-0.25, -0.2) is 21.8 Å². The summed E-state index contributed by atoms with van der Waals surface area (Å²) in [7, 11) is -7.50. The highest BCUT2D eigenvalue weighted by molar-refractivity contribution is 7.92. The third-order valence-electron chi connectivity index (χ3n) is 5.56. The molecule has 0 N–H and O–H groups in total. The predicted molar refractivity (Wildman–Crippen MR) is 111 cm³/mol. The zero-order chi connectivity index (χ0) is 20.6. The van der Waals surface area contributed by atoms with E-state index < -0.39 is 30.8 Å². The molecule has 0 saturated heterocycles. The van der Waals surface area contributed by atoms with E-state index >= 15 is 0 Å². The van der Waals surface area contributed by atoms with Crippen molar-refractivity contribution >= 4 is 19.7 Å². The Hall–Kier alpha value is -2.51. The second kappa shape index (κ2) is 7.39. The minimum Gasteiger partial charge on any atom is -0.245 e. The van der Waals surface area contributed by atoms with Gasteiger partial charge in [-0.05, 0) is 41.3 Å². The molecule has 3 atom stereocenters. The number of benzene rings is 2. The van der Waals surface area contributed by atoms with E-state index in [0.717, 1.165) is 11.1 Å². The van der Waals surface area contributed by atoms with Gasteiger partial charge in [-0.3, -0.25) is 0 Å². The summed E-state index contributed by atoms with van der Waals surface area (Å²) in [5.74, 6) is -1.28. The summed E-state index contributed by atoms with van der Waals surface area (Å²) in [6.45, 7) is 1.85. The fourth-order valence-electron chi connectivity index (χ4n) is 4.25. The molecule has 1 heterocycles. The molecule has 0 unspecified atom stereocenters. The SMILES string of the molecule is C[C@H]1c2ccccc2[C@@H](CS(=O)(=O)c2ccccc2)[C@@H]1S(=O)(=O)c1ccccn1. The highest BCUT2D eigenvalue weighted by Crippen LogP contribution is 2.47. The van der Waals surface area contributed by atoms with Gasteiger partial charge in [-0.2, -0.15) is 0 Å². The lowest BCUT2D eigenvalue weighted by Crippen LogP contribution is -2.32. The average molecular weight is 428 g/mol. The lowest BCUT2D eigenvalue weighted by atomic mass is 10.0. The highest BCUT2D eigenvalue weighted by Gasteiger charge is 2.48. The van der Waals surface area contributed by atoms with E-state index in [2.05, 4.69) is 4.98 Å². The van der Waals surface area contributed by atoms with Gasteiger partial charge in [0.25, 0.3) is 0 Å². The van der Waals surface area contributed by atoms with Crippen LogP contribution in [0.15, 0.2) is 88.9 Å². The van der Waals surface area contributed by atoms with Gasteiger partial charge < -0.3 is 0 Å². The quantitative estimate of drug-likeness (QED) is 0.621. The summed E-state index contributed by atoms with van der Waals surface area (Å²) in [5, 5.41) is -0.917. The molecular weight excluding hydrogens is 406 g/mol. The fraction of sp³-hybridized carbons (Fsp3) is 0.227. The van der Waals surface area contributed by atoms with Gasteiger partial charge in [0.05, 0.1) is 15.9 Å². The molecule has 0 bridgehead atoms. The molecule has 7 heteroatoms. The zero-order valence-electron chi connectivity index (χ0n) is 15.8. The average Bonchev–Trinajstić information content (AvgIpc) is 3.01. The lowest BCUT2D eigenvalue weighted by molar-refractivity contribution is 0.544. The van der Waals surface area contributed by atoms with E-state index in [-0.39, 0.29) is 21.6 Å². The maximum Gasteiger partial charge on any atom is 0.199 e. The minimum absolute atomic E-state index is 0.0215. The van der Waals surface area contributed by atoms with Crippen LogP contribution in [0.1, 0.15) is 29.9 Å². The van der Waals surface area contributed by atoms with Crippen molar-refractivity contribution in [2.24, 2.45) is 0 Å². The number of aromatic nitrogens is 1. The van der Waals surface area contributed by atoms with E-state index in [1.54, 1.807) is 42.5 Å². The number of hydrogen-bond acceptors (Lipinski definition) is 5. The number of hydrogen-bond donors (Lipinski definition) is 0. The van der Waals surface area contributed by atoms with Gasteiger partial charge in [0.1, 0.15) is 0 Å². The molecule has 0 fully saturated rings. The van der Waals surface area contributed by atoms with Gasteiger partial charge in [-0.1, -0.05) is 55.5 Å². The predicted octanol–water partition coefficient (Wildman–Crippen LogP) is 3.60. The molecule has 0 saturated carbocycles. The first kappa shape index (κ1) is 19.8. The molecule has 29 heavy (non-hydrogen) atoms. The summed E-state index contributed by atoms with van der Waals surface area (Å²) in [5.41, 5.74) is 1.66. The number of rotatable bonds is 5. The molecule has 0 amide bonds. The van der Waals surface area contributed by atoms with E-state index in [9.17, 15) is 16.8 Å². The molecule has 1 aliphatic carbocycles. The summed E-state index contributed by atoms with van der Waals surface area (Å²) in [4.78, 5) is 4.24. The molecule has 4 rings (SSSR count). The summed E-state index contributed by atoms with van der Waals surface area (Å²) in [6.07, 6.45) is 1.44. The van der Waals surface area contributed by atoms with Crippen LogP contribution in [-0.4, -0.2) is 32.8 Å². The molecule has 0 radical (unpaired) electrons. The molecule has 1 aliphatic rings. The Balaban J connectivity index is 1.83. The zero-order valence-corrected chi connectivity index (χ0v) is 17.5. The van der Waals surface area contributed by atoms with Crippen molar-refractivity contribution in [3.63, 3.8) is 0 Å². The van der Waals surface area contributed by atoms with Crippen LogP contribution < -0.4 is 0 Å². The Morgan fingerprint density at radius 3 is 2.07 bits per heavy atom. The minimum atomic E-state index is -3.83. The van der Waals surface area contributed by atoms with Gasteiger partial charge in [0.15, 0.2) is 24.7 Å². The van der Waals surface area contributed by atoms with Gasteiger partial charge in [-0.15, -0.1) is 0 Å². The first-order valence-electron chi connectivity index (χ1n) is 9.34. The van der Waals surface area contributed by atoms with Crippen LogP contribution in [0.5, 0.6) is 0 Å². The van der Waals surface area contributed by atoms with Gasteiger partial charge in [0.2, 0.25) is 0 Å². The van der Waals surface area contributed by atoms with Crippen LogP contribution in [0.2, 0.25) is 0 Å². The third-order valence-corrected chi connectivity index (χ3v) is 9.63. The van der Waals surface area contributed by atoms with E-state index in [1.807, 2.05) is 31.2 Å². The van der Waals surface area contributed by atoms with Crippen molar-refractivity contribution in [1.82, 2.24) is 4.98 Å². The van der Waals surface area contributed by atoms with Crippen molar-refractivity contribution in [1.29, 1.82) is 0 Å². The first-order valence-corrected chi connectivity index (χ1v) is 12.5. The number of fused-ring (bicyclic) bond motifs is 1. The Morgan fingerprint density at radius 1 is 0.793 bits per heavy atom. The van der Waals surface area contributed by atoms with Crippen molar-refractivity contribution in [2.75, 3.05) is 5.75 Å². The summed E-state index contributed by atoms with van der Waals surface area (Å²) < 4.78 is 53.2. The maximum absolute atomic E-state index is 13.5. The topological polar surface area (TPSA) is 81.2 Å². The van der Waals surface area contributed by atoms with Crippen LogP contribution in [0.25, 0.3) is 0 Å². The highest BCUT2D eigenvalue weighted by atomic mass is 32.2. The van der Waals surface area contributed by atoms with Crippen molar-refractivity contribution in [3.05, 3.63) is 90.1 Å². The molecule has 3 aromatic rings.